The fourth-order valence-electron chi connectivity index (χ4n) is 2.34. The van der Waals surface area contributed by atoms with Crippen molar-refractivity contribution in [2.24, 2.45) is 0 Å². The van der Waals surface area contributed by atoms with Crippen molar-refractivity contribution in [1.82, 2.24) is 4.90 Å². The van der Waals surface area contributed by atoms with Crippen molar-refractivity contribution < 1.29 is 19.4 Å². The third-order valence-electron chi connectivity index (χ3n) is 3.28. The molecule has 0 aliphatic carbocycles. The molecule has 20 heavy (non-hydrogen) atoms. The third-order valence-corrected chi connectivity index (χ3v) is 3.54. The molecule has 108 valence electrons. The summed E-state index contributed by atoms with van der Waals surface area (Å²) in [5.74, 6) is -0.492. The number of rotatable bonds is 5. The van der Waals surface area contributed by atoms with E-state index in [2.05, 4.69) is 0 Å². The lowest BCUT2D eigenvalue weighted by Crippen LogP contribution is -2.39. The number of benzene rings is 1. The Labute approximate surface area is 122 Å². The number of carboxylic acids is 1. The molecule has 0 spiro atoms. The number of carbonyl (C=O) groups excluding carboxylic acids is 1. The van der Waals surface area contributed by atoms with Gasteiger partial charge in [-0.2, -0.15) is 0 Å². The highest BCUT2D eigenvalue weighted by Crippen LogP contribution is 2.21. The van der Waals surface area contributed by atoms with Gasteiger partial charge in [-0.25, -0.2) is 0 Å². The van der Waals surface area contributed by atoms with Crippen LogP contribution in [-0.2, 0) is 9.59 Å². The molecule has 6 heteroatoms. The second-order valence-corrected chi connectivity index (χ2v) is 5.16. The number of amides is 1. The number of halogens is 1. The lowest BCUT2D eigenvalue weighted by Gasteiger charge is -2.23. The first-order valence-corrected chi connectivity index (χ1v) is 6.83. The lowest BCUT2D eigenvalue weighted by molar-refractivity contribution is -0.140. The van der Waals surface area contributed by atoms with E-state index in [-0.39, 0.29) is 25.0 Å². The maximum atomic E-state index is 12.1. The maximum absolute atomic E-state index is 12.1. The number of likely N-dealkylation sites (tertiary alicyclic amines) is 1. The Balaban J connectivity index is 1.87. The summed E-state index contributed by atoms with van der Waals surface area (Å²) >= 11 is 5.76. The first kappa shape index (κ1) is 14.7. The van der Waals surface area contributed by atoms with E-state index in [9.17, 15) is 9.59 Å². The largest absolute Gasteiger partial charge is 0.484 e. The van der Waals surface area contributed by atoms with E-state index in [1.54, 1.807) is 29.2 Å². The van der Waals surface area contributed by atoms with Crippen LogP contribution in [-0.4, -0.2) is 41.1 Å². The fourth-order valence-corrected chi connectivity index (χ4v) is 2.46. The fraction of sp³-hybridized carbons (Fsp3) is 0.429. The van der Waals surface area contributed by atoms with Crippen LogP contribution in [0.5, 0.6) is 5.75 Å². The summed E-state index contributed by atoms with van der Waals surface area (Å²) in [5.41, 5.74) is 0. The zero-order chi connectivity index (χ0) is 14.5. The van der Waals surface area contributed by atoms with Crippen LogP contribution < -0.4 is 4.74 Å². The Kier molecular flexibility index (Phi) is 4.84. The first-order valence-electron chi connectivity index (χ1n) is 6.46. The number of carboxylic acid groups (broad SMARTS) is 1. The SMILES string of the molecule is O=C(O)CC1CCCN1C(=O)COc1ccc(Cl)cc1. The Morgan fingerprint density at radius 1 is 1.35 bits per heavy atom. The van der Waals surface area contributed by atoms with Crippen molar-refractivity contribution in [2.45, 2.75) is 25.3 Å². The van der Waals surface area contributed by atoms with Crippen LogP contribution in [0.1, 0.15) is 19.3 Å². The molecule has 0 bridgehead atoms. The van der Waals surface area contributed by atoms with Gasteiger partial charge in [0.05, 0.1) is 6.42 Å². The van der Waals surface area contributed by atoms with Crippen molar-refractivity contribution in [3.63, 3.8) is 0 Å². The van der Waals surface area contributed by atoms with Gasteiger partial charge in [0.15, 0.2) is 6.61 Å². The number of ether oxygens (including phenoxy) is 1. The molecule has 1 aliphatic rings. The van der Waals surface area contributed by atoms with Crippen LogP contribution in [0.4, 0.5) is 0 Å². The van der Waals surface area contributed by atoms with Crippen molar-refractivity contribution in [1.29, 1.82) is 0 Å². The molecule has 0 radical (unpaired) electrons. The number of carbonyl (C=O) groups is 2. The molecule has 2 rings (SSSR count). The van der Waals surface area contributed by atoms with Gasteiger partial charge in [0.25, 0.3) is 5.91 Å². The third kappa shape index (κ3) is 3.87. The minimum absolute atomic E-state index is 0.00726. The highest BCUT2D eigenvalue weighted by Gasteiger charge is 2.30. The molecule has 5 nitrogen and oxygen atoms in total. The smallest absolute Gasteiger partial charge is 0.305 e. The monoisotopic (exact) mass is 297 g/mol. The van der Waals surface area contributed by atoms with Gasteiger partial charge in [0.2, 0.25) is 0 Å². The average molecular weight is 298 g/mol. The first-order chi connectivity index (χ1) is 9.56. The Bertz CT molecular complexity index is 488. The second kappa shape index (κ2) is 6.61. The molecular weight excluding hydrogens is 282 g/mol. The van der Waals surface area contributed by atoms with E-state index >= 15 is 0 Å². The number of nitrogens with zero attached hydrogens (tertiary/aromatic N) is 1. The highest BCUT2D eigenvalue weighted by molar-refractivity contribution is 6.30. The summed E-state index contributed by atoms with van der Waals surface area (Å²) < 4.78 is 5.39. The minimum atomic E-state index is -0.881. The van der Waals surface area contributed by atoms with Gasteiger partial charge in [-0.05, 0) is 37.1 Å². The standard InChI is InChI=1S/C14H16ClNO4/c15-10-3-5-12(6-4-10)20-9-13(17)16-7-1-2-11(16)8-14(18)19/h3-6,11H,1-2,7-9H2,(H,18,19). The van der Waals surface area contributed by atoms with E-state index in [1.165, 1.54) is 0 Å². The van der Waals surface area contributed by atoms with Crippen LogP contribution in [0, 0.1) is 0 Å². The molecule has 1 saturated heterocycles. The molecule has 1 N–H and O–H groups in total. The highest BCUT2D eigenvalue weighted by atomic mass is 35.5. The van der Waals surface area contributed by atoms with E-state index in [0.717, 1.165) is 12.8 Å². The van der Waals surface area contributed by atoms with Gasteiger partial charge >= 0.3 is 5.97 Å². The minimum Gasteiger partial charge on any atom is -0.484 e. The van der Waals surface area contributed by atoms with Crippen LogP contribution in [0.15, 0.2) is 24.3 Å². The molecule has 1 fully saturated rings. The second-order valence-electron chi connectivity index (χ2n) is 4.72. The molecule has 1 aliphatic heterocycles. The van der Waals surface area contributed by atoms with Gasteiger partial charge < -0.3 is 14.7 Å². The number of hydrogen-bond donors (Lipinski definition) is 1. The van der Waals surface area contributed by atoms with Gasteiger partial charge in [-0.3, -0.25) is 9.59 Å². The molecule has 0 aromatic heterocycles. The summed E-state index contributed by atoms with van der Waals surface area (Å²) in [6.07, 6.45) is 1.57. The molecule has 1 heterocycles. The lowest BCUT2D eigenvalue weighted by atomic mass is 10.1. The van der Waals surface area contributed by atoms with Crippen molar-refractivity contribution in [2.75, 3.05) is 13.2 Å². The predicted octanol–water partition coefficient (Wildman–Crippen LogP) is 2.18. The van der Waals surface area contributed by atoms with Crippen molar-refractivity contribution in [3.8, 4) is 5.75 Å². The van der Waals surface area contributed by atoms with Gasteiger partial charge in [-0.15, -0.1) is 0 Å². The van der Waals surface area contributed by atoms with E-state index in [0.29, 0.717) is 17.3 Å². The number of hydrogen-bond acceptors (Lipinski definition) is 3. The van der Waals surface area contributed by atoms with Gasteiger partial charge in [-0.1, -0.05) is 11.6 Å². The van der Waals surface area contributed by atoms with E-state index in [4.69, 9.17) is 21.4 Å². The van der Waals surface area contributed by atoms with Gasteiger partial charge in [0, 0.05) is 17.6 Å². The van der Waals surface area contributed by atoms with Crippen LogP contribution in [0.25, 0.3) is 0 Å². The molecule has 1 aromatic rings. The average Bonchev–Trinajstić information content (AvgIpc) is 2.85. The van der Waals surface area contributed by atoms with Crippen LogP contribution in [0.3, 0.4) is 0 Å². The quantitative estimate of drug-likeness (QED) is 0.904. The molecular formula is C14H16ClNO4. The molecule has 1 aromatic carbocycles. The molecule has 0 saturated carbocycles. The predicted molar refractivity (Wildman–Crippen MR) is 73.9 cm³/mol. The summed E-state index contributed by atoms with van der Waals surface area (Å²) in [4.78, 5) is 24.4. The molecule has 1 atom stereocenters. The van der Waals surface area contributed by atoms with Gasteiger partial charge in [0.1, 0.15) is 5.75 Å². The molecule has 1 amide bonds. The maximum Gasteiger partial charge on any atom is 0.305 e. The summed E-state index contributed by atoms with van der Waals surface area (Å²) in [6.45, 7) is 0.512. The summed E-state index contributed by atoms with van der Waals surface area (Å²) in [6, 6.07) is 6.53. The topological polar surface area (TPSA) is 66.8 Å². The zero-order valence-electron chi connectivity index (χ0n) is 10.9. The van der Waals surface area contributed by atoms with E-state index in [1.807, 2.05) is 0 Å². The van der Waals surface area contributed by atoms with E-state index < -0.39 is 5.97 Å². The van der Waals surface area contributed by atoms with Crippen LogP contribution >= 0.6 is 11.6 Å². The van der Waals surface area contributed by atoms with Crippen LogP contribution in [0.2, 0.25) is 5.02 Å². The Morgan fingerprint density at radius 3 is 2.70 bits per heavy atom. The Hall–Kier alpha value is -1.75. The summed E-state index contributed by atoms with van der Waals surface area (Å²) in [7, 11) is 0. The van der Waals surface area contributed by atoms with Crippen molar-refractivity contribution in [3.05, 3.63) is 29.3 Å². The summed E-state index contributed by atoms with van der Waals surface area (Å²) in [5, 5.41) is 9.43. The Morgan fingerprint density at radius 2 is 2.05 bits per heavy atom. The molecule has 1 unspecified atom stereocenters. The van der Waals surface area contributed by atoms with Crippen molar-refractivity contribution >= 4 is 23.5 Å². The zero-order valence-corrected chi connectivity index (χ0v) is 11.7. The normalized spacial score (nSPS) is 18.1. The number of aliphatic carboxylic acids is 1.